The van der Waals surface area contributed by atoms with Crippen molar-refractivity contribution in [3.05, 3.63) is 35.6 Å². The lowest BCUT2D eigenvalue weighted by atomic mass is 9.99. The molecule has 5 nitrogen and oxygen atoms in total. The molecule has 0 amide bonds. The Hall–Kier alpha value is -2.04. The summed E-state index contributed by atoms with van der Waals surface area (Å²) < 4.78 is 15.4. The summed E-state index contributed by atoms with van der Waals surface area (Å²) in [7, 11) is 0. The SMILES string of the molecule is CC1=CC(O/C=C2\C(=O)OC3C=CCC23)OC1=O. The molecule has 94 valence electrons. The highest BCUT2D eigenvalue weighted by molar-refractivity contribution is 5.92. The molecule has 0 aromatic carbocycles. The Kier molecular flexibility index (Phi) is 2.47. The van der Waals surface area contributed by atoms with Gasteiger partial charge in [-0.15, -0.1) is 0 Å². The van der Waals surface area contributed by atoms with Gasteiger partial charge in [-0.25, -0.2) is 9.59 Å². The van der Waals surface area contributed by atoms with E-state index < -0.39 is 12.3 Å². The summed E-state index contributed by atoms with van der Waals surface area (Å²) in [6.07, 6.45) is 6.64. The van der Waals surface area contributed by atoms with Gasteiger partial charge in [-0.3, -0.25) is 0 Å². The van der Waals surface area contributed by atoms with Crippen LogP contribution in [0.15, 0.2) is 35.6 Å². The van der Waals surface area contributed by atoms with Gasteiger partial charge in [0.1, 0.15) is 6.10 Å². The third kappa shape index (κ3) is 1.72. The van der Waals surface area contributed by atoms with Gasteiger partial charge in [0.25, 0.3) is 6.29 Å². The molecule has 3 unspecified atom stereocenters. The first kappa shape index (κ1) is 11.1. The molecule has 0 radical (unpaired) electrons. The van der Waals surface area contributed by atoms with E-state index >= 15 is 0 Å². The van der Waals surface area contributed by atoms with Crippen molar-refractivity contribution in [1.29, 1.82) is 0 Å². The minimum Gasteiger partial charge on any atom is -0.458 e. The molecule has 2 heterocycles. The first-order valence-electron chi connectivity index (χ1n) is 5.78. The van der Waals surface area contributed by atoms with Crippen molar-refractivity contribution < 1.29 is 23.8 Å². The van der Waals surface area contributed by atoms with Crippen LogP contribution in [0.5, 0.6) is 0 Å². The fourth-order valence-corrected chi connectivity index (χ4v) is 2.24. The fourth-order valence-electron chi connectivity index (χ4n) is 2.24. The second-order valence-electron chi connectivity index (χ2n) is 4.47. The molecule has 3 atom stereocenters. The van der Waals surface area contributed by atoms with E-state index in [1.54, 1.807) is 13.0 Å². The van der Waals surface area contributed by atoms with E-state index in [1.165, 1.54) is 6.26 Å². The Morgan fingerprint density at radius 2 is 2.17 bits per heavy atom. The van der Waals surface area contributed by atoms with E-state index in [-0.39, 0.29) is 18.0 Å². The Balaban J connectivity index is 1.70. The zero-order valence-corrected chi connectivity index (χ0v) is 9.79. The van der Waals surface area contributed by atoms with E-state index in [4.69, 9.17) is 14.2 Å². The number of esters is 2. The van der Waals surface area contributed by atoms with Crippen molar-refractivity contribution in [3.8, 4) is 0 Å². The molecule has 3 aliphatic rings. The Bertz CT molecular complexity index is 500. The van der Waals surface area contributed by atoms with Crippen molar-refractivity contribution in [2.24, 2.45) is 5.92 Å². The first-order chi connectivity index (χ1) is 8.65. The van der Waals surface area contributed by atoms with Gasteiger partial charge in [0.05, 0.1) is 11.8 Å². The molecule has 0 aromatic rings. The predicted octanol–water partition coefficient (Wildman–Crippen LogP) is 1.22. The van der Waals surface area contributed by atoms with Crippen LogP contribution < -0.4 is 0 Å². The largest absolute Gasteiger partial charge is 0.458 e. The molecule has 1 fully saturated rings. The number of rotatable bonds is 2. The molecule has 18 heavy (non-hydrogen) atoms. The molecule has 0 spiro atoms. The van der Waals surface area contributed by atoms with Crippen LogP contribution in [0.2, 0.25) is 0 Å². The van der Waals surface area contributed by atoms with Crippen LogP contribution in [0.1, 0.15) is 13.3 Å². The van der Waals surface area contributed by atoms with Crippen LogP contribution in [0, 0.1) is 5.92 Å². The summed E-state index contributed by atoms with van der Waals surface area (Å²) in [4.78, 5) is 22.7. The molecular formula is C13H12O5. The minimum absolute atomic E-state index is 0.0275. The molecule has 3 rings (SSSR count). The number of carbonyl (C=O) groups is 2. The standard InChI is InChI=1S/C13H12O5/c1-7-5-11(18-12(7)14)16-6-9-8-3-2-4-10(8)17-13(9)15/h2,4-6,8,10-11H,3H2,1H3/b9-6-. The zero-order chi connectivity index (χ0) is 12.7. The quantitative estimate of drug-likeness (QED) is 0.318. The van der Waals surface area contributed by atoms with Gasteiger partial charge in [-0.2, -0.15) is 0 Å². The van der Waals surface area contributed by atoms with E-state index in [0.717, 1.165) is 6.42 Å². The molecule has 0 saturated carbocycles. The van der Waals surface area contributed by atoms with Crippen LogP contribution >= 0.6 is 0 Å². The van der Waals surface area contributed by atoms with E-state index in [9.17, 15) is 9.59 Å². The second kappa shape index (κ2) is 4.01. The number of carbonyl (C=O) groups excluding carboxylic acids is 2. The van der Waals surface area contributed by atoms with Gasteiger partial charge >= 0.3 is 11.9 Å². The number of ether oxygens (including phenoxy) is 3. The number of hydrogen-bond acceptors (Lipinski definition) is 5. The van der Waals surface area contributed by atoms with Crippen LogP contribution in [-0.2, 0) is 23.8 Å². The topological polar surface area (TPSA) is 61.8 Å². The lowest BCUT2D eigenvalue weighted by Crippen LogP contribution is -2.12. The molecule has 5 heteroatoms. The monoisotopic (exact) mass is 248 g/mol. The van der Waals surface area contributed by atoms with Crippen molar-refractivity contribution in [3.63, 3.8) is 0 Å². The van der Waals surface area contributed by atoms with Crippen molar-refractivity contribution in [2.45, 2.75) is 25.7 Å². The van der Waals surface area contributed by atoms with Crippen LogP contribution in [0.4, 0.5) is 0 Å². The van der Waals surface area contributed by atoms with Crippen molar-refractivity contribution in [2.75, 3.05) is 0 Å². The fraction of sp³-hybridized carbons (Fsp3) is 0.385. The van der Waals surface area contributed by atoms with Crippen molar-refractivity contribution >= 4 is 11.9 Å². The van der Waals surface area contributed by atoms with Gasteiger partial charge in [0.2, 0.25) is 0 Å². The van der Waals surface area contributed by atoms with Crippen molar-refractivity contribution in [1.82, 2.24) is 0 Å². The molecule has 1 saturated heterocycles. The number of allylic oxidation sites excluding steroid dienone is 1. The molecule has 0 aromatic heterocycles. The summed E-state index contributed by atoms with van der Waals surface area (Å²) in [5.41, 5.74) is 1.01. The van der Waals surface area contributed by atoms with Crippen LogP contribution in [0.3, 0.4) is 0 Å². The molecule has 1 aliphatic carbocycles. The summed E-state index contributed by atoms with van der Waals surface area (Å²) in [5.74, 6) is -0.730. The average Bonchev–Trinajstić information content (AvgIpc) is 2.94. The van der Waals surface area contributed by atoms with E-state index in [0.29, 0.717) is 11.1 Å². The summed E-state index contributed by atoms with van der Waals surface area (Å²) >= 11 is 0. The average molecular weight is 248 g/mol. The lowest BCUT2D eigenvalue weighted by Gasteiger charge is -2.09. The molecule has 0 N–H and O–H groups in total. The summed E-state index contributed by atoms with van der Waals surface area (Å²) in [6.45, 7) is 1.65. The smallest absolute Gasteiger partial charge is 0.338 e. The lowest BCUT2D eigenvalue weighted by molar-refractivity contribution is -0.152. The third-order valence-corrected chi connectivity index (χ3v) is 3.25. The first-order valence-corrected chi connectivity index (χ1v) is 5.78. The third-order valence-electron chi connectivity index (χ3n) is 3.25. The van der Waals surface area contributed by atoms with Crippen LogP contribution in [0.25, 0.3) is 0 Å². The Labute approximate surface area is 104 Å². The highest BCUT2D eigenvalue weighted by Crippen LogP contribution is 2.36. The maximum Gasteiger partial charge on any atom is 0.338 e. The van der Waals surface area contributed by atoms with Gasteiger partial charge in [-0.05, 0) is 19.4 Å². The molecule has 0 bridgehead atoms. The predicted molar refractivity (Wildman–Crippen MR) is 59.9 cm³/mol. The van der Waals surface area contributed by atoms with Gasteiger partial charge in [0, 0.05) is 17.6 Å². The van der Waals surface area contributed by atoms with E-state index in [2.05, 4.69) is 0 Å². The van der Waals surface area contributed by atoms with Gasteiger partial charge in [-0.1, -0.05) is 6.08 Å². The number of hydrogen-bond donors (Lipinski definition) is 0. The normalized spacial score (nSPS) is 35.5. The zero-order valence-electron chi connectivity index (χ0n) is 9.79. The summed E-state index contributed by atoms with van der Waals surface area (Å²) in [5, 5.41) is 0. The Morgan fingerprint density at radius 1 is 1.33 bits per heavy atom. The number of fused-ring (bicyclic) bond motifs is 1. The van der Waals surface area contributed by atoms with Gasteiger partial charge in [0.15, 0.2) is 0 Å². The molecule has 2 aliphatic heterocycles. The summed E-state index contributed by atoms with van der Waals surface area (Å²) in [6, 6.07) is 0. The van der Waals surface area contributed by atoms with Crippen LogP contribution in [-0.4, -0.2) is 24.3 Å². The second-order valence-corrected chi connectivity index (χ2v) is 4.47. The highest BCUT2D eigenvalue weighted by atomic mass is 16.7. The highest BCUT2D eigenvalue weighted by Gasteiger charge is 2.40. The maximum absolute atomic E-state index is 11.6. The van der Waals surface area contributed by atoms with E-state index in [1.807, 2.05) is 12.2 Å². The minimum atomic E-state index is -0.744. The Morgan fingerprint density at radius 3 is 2.89 bits per heavy atom. The van der Waals surface area contributed by atoms with Gasteiger partial charge < -0.3 is 14.2 Å². The molecular weight excluding hydrogens is 236 g/mol. The number of cyclic esters (lactones) is 1. The maximum atomic E-state index is 11.6.